The summed E-state index contributed by atoms with van der Waals surface area (Å²) in [7, 11) is 0. The van der Waals surface area contributed by atoms with Crippen molar-refractivity contribution in [2.24, 2.45) is 40.9 Å². The van der Waals surface area contributed by atoms with E-state index >= 15 is 0 Å². The SMILES string of the molecule is CC(C)(C)CC1CCC(C(=O)NC2(C)CC3CC4CC(C2)C43)CC1. The second-order valence-electron chi connectivity index (χ2n) is 11.3. The molecule has 0 radical (unpaired) electrons. The summed E-state index contributed by atoms with van der Waals surface area (Å²) in [5, 5.41) is 3.53. The number of hydrogen-bond donors (Lipinski definition) is 1. The molecule has 4 saturated carbocycles. The maximum Gasteiger partial charge on any atom is 0.223 e. The van der Waals surface area contributed by atoms with Crippen molar-refractivity contribution < 1.29 is 4.79 Å². The third kappa shape index (κ3) is 3.15. The predicted octanol–water partition coefficient (Wildman–Crippen LogP) is 5.17. The zero-order valence-corrected chi connectivity index (χ0v) is 16.2. The van der Waals surface area contributed by atoms with Gasteiger partial charge in [0, 0.05) is 11.5 Å². The number of amides is 1. The molecular formula is C22H37NO. The van der Waals surface area contributed by atoms with Crippen molar-refractivity contribution in [3.63, 3.8) is 0 Å². The Balaban J connectivity index is 1.28. The van der Waals surface area contributed by atoms with Crippen molar-refractivity contribution in [2.45, 2.75) is 91.0 Å². The first-order chi connectivity index (χ1) is 11.2. The Hall–Kier alpha value is -0.530. The molecule has 24 heavy (non-hydrogen) atoms. The molecule has 0 aliphatic heterocycles. The van der Waals surface area contributed by atoms with Crippen LogP contribution in [0.2, 0.25) is 0 Å². The number of carbonyl (C=O) groups is 1. The Labute approximate surface area is 148 Å². The topological polar surface area (TPSA) is 29.1 Å². The van der Waals surface area contributed by atoms with E-state index in [9.17, 15) is 4.79 Å². The minimum atomic E-state index is 0.0938. The first-order valence-corrected chi connectivity index (χ1v) is 10.5. The van der Waals surface area contributed by atoms with Crippen LogP contribution in [0, 0.1) is 40.9 Å². The summed E-state index contributed by atoms with van der Waals surface area (Å²) in [6.07, 6.45) is 11.4. The molecule has 4 fully saturated rings. The average Bonchev–Trinajstić information content (AvgIpc) is 2.41. The van der Waals surface area contributed by atoms with E-state index in [1.54, 1.807) is 0 Å². The van der Waals surface area contributed by atoms with Gasteiger partial charge in [0.2, 0.25) is 5.91 Å². The molecule has 0 spiro atoms. The molecule has 0 bridgehead atoms. The van der Waals surface area contributed by atoms with Gasteiger partial charge in [0.05, 0.1) is 0 Å². The van der Waals surface area contributed by atoms with Crippen LogP contribution in [-0.2, 0) is 4.79 Å². The highest BCUT2D eigenvalue weighted by molar-refractivity contribution is 5.79. The molecule has 2 atom stereocenters. The monoisotopic (exact) mass is 331 g/mol. The van der Waals surface area contributed by atoms with Crippen LogP contribution in [0.4, 0.5) is 0 Å². The third-order valence-electron chi connectivity index (χ3n) is 7.81. The van der Waals surface area contributed by atoms with Crippen LogP contribution in [0.15, 0.2) is 0 Å². The zero-order chi connectivity index (χ0) is 17.1. The fourth-order valence-corrected chi connectivity index (χ4v) is 6.94. The lowest BCUT2D eigenvalue weighted by molar-refractivity contribution is -0.152. The van der Waals surface area contributed by atoms with Gasteiger partial charge in [-0.3, -0.25) is 4.79 Å². The van der Waals surface area contributed by atoms with Gasteiger partial charge >= 0.3 is 0 Å². The minimum absolute atomic E-state index is 0.0938. The predicted molar refractivity (Wildman–Crippen MR) is 98.5 cm³/mol. The number of carbonyl (C=O) groups excluding carboxylic acids is 1. The fourth-order valence-electron chi connectivity index (χ4n) is 6.94. The van der Waals surface area contributed by atoms with Crippen LogP contribution in [-0.4, -0.2) is 11.4 Å². The Bertz CT molecular complexity index is 481. The molecule has 4 aliphatic rings. The molecule has 0 heterocycles. The van der Waals surface area contributed by atoms with Gasteiger partial charge in [-0.15, -0.1) is 0 Å². The fraction of sp³-hybridized carbons (Fsp3) is 0.955. The molecule has 0 aromatic carbocycles. The standard InChI is InChI=1S/C22H37NO/c1-21(2,3)11-14-5-7-15(8-6-14)20(24)23-22(4)12-17-9-16-10-18(13-22)19(16)17/h14-19H,5-13H2,1-4H3,(H,23,24). The summed E-state index contributed by atoms with van der Waals surface area (Å²) < 4.78 is 0. The van der Waals surface area contributed by atoms with Gasteiger partial charge in [0.1, 0.15) is 0 Å². The first-order valence-electron chi connectivity index (χ1n) is 10.5. The highest BCUT2D eigenvalue weighted by atomic mass is 16.2. The van der Waals surface area contributed by atoms with E-state index in [2.05, 4.69) is 33.0 Å². The Kier molecular flexibility index (Phi) is 4.05. The van der Waals surface area contributed by atoms with E-state index in [-0.39, 0.29) is 11.5 Å². The van der Waals surface area contributed by atoms with E-state index in [0.29, 0.717) is 11.3 Å². The summed E-state index contributed by atoms with van der Waals surface area (Å²) in [6.45, 7) is 9.36. The lowest BCUT2D eigenvalue weighted by Gasteiger charge is -2.65. The van der Waals surface area contributed by atoms with Crippen LogP contribution in [0.1, 0.15) is 85.5 Å². The molecule has 1 N–H and O–H groups in total. The Morgan fingerprint density at radius 3 is 2.08 bits per heavy atom. The molecule has 2 unspecified atom stereocenters. The van der Waals surface area contributed by atoms with Crippen molar-refractivity contribution in [2.75, 3.05) is 0 Å². The molecule has 0 aromatic heterocycles. The van der Waals surface area contributed by atoms with Crippen molar-refractivity contribution in [3.8, 4) is 0 Å². The van der Waals surface area contributed by atoms with Crippen LogP contribution in [0.5, 0.6) is 0 Å². The van der Waals surface area contributed by atoms with E-state index in [0.717, 1.165) is 42.4 Å². The van der Waals surface area contributed by atoms with E-state index in [1.165, 1.54) is 44.9 Å². The minimum Gasteiger partial charge on any atom is -0.351 e. The first kappa shape index (κ1) is 16.9. The Morgan fingerprint density at radius 2 is 1.58 bits per heavy atom. The van der Waals surface area contributed by atoms with Gasteiger partial charge in [-0.25, -0.2) is 0 Å². The van der Waals surface area contributed by atoms with Crippen molar-refractivity contribution >= 4 is 5.91 Å². The normalized spacial score (nSPS) is 47.2. The lowest BCUT2D eigenvalue weighted by Crippen LogP contribution is -2.63. The number of rotatable bonds is 3. The van der Waals surface area contributed by atoms with Gasteiger partial charge in [-0.1, -0.05) is 20.8 Å². The molecule has 1 amide bonds. The van der Waals surface area contributed by atoms with E-state index in [4.69, 9.17) is 0 Å². The third-order valence-corrected chi connectivity index (χ3v) is 7.81. The van der Waals surface area contributed by atoms with Crippen molar-refractivity contribution in [3.05, 3.63) is 0 Å². The van der Waals surface area contributed by atoms with Crippen LogP contribution < -0.4 is 5.32 Å². The second-order valence-corrected chi connectivity index (χ2v) is 11.3. The maximum absolute atomic E-state index is 12.9. The lowest BCUT2D eigenvalue weighted by atomic mass is 9.41. The number of nitrogens with one attached hydrogen (secondary N) is 1. The van der Waals surface area contributed by atoms with Crippen molar-refractivity contribution in [1.82, 2.24) is 5.32 Å². The zero-order valence-electron chi connectivity index (χ0n) is 16.2. The van der Waals surface area contributed by atoms with Gasteiger partial charge in [0.15, 0.2) is 0 Å². The van der Waals surface area contributed by atoms with Gasteiger partial charge in [-0.05, 0) is 99.7 Å². The van der Waals surface area contributed by atoms with Gasteiger partial charge < -0.3 is 5.32 Å². The molecular weight excluding hydrogens is 294 g/mol. The maximum atomic E-state index is 12.9. The van der Waals surface area contributed by atoms with Crippen LogP contribution in [0.3, 0.4) is 0 Å². The summed E-state index contributed by atoms with van der Waals surface area (Å²) >= 11 is 0. The highest BCUT2D eigenvalue weighted by Gasteiger charge is 2.59. The molecule has 0 aromatic rings. The summed E-state index contributed by atoms with van der Waals surface area (Å²) in [6, 6.07) is 0. The van der Waals surface area contributed by atoms with Gasteiger partial charge in [-0.2, -0.15) is 0 Å². The average molecular weight is 332 g/mol. The van der Waals surface area contributed by atoms with Gasteiger partial charge in [0.25, 0.3) is 0 Å². The summed E-state index contributed by atoms with van der Waals surface area (Å²) in [5.74, 6) is 5.46. The molecule has 2 nitrogen and oxygen atoms in total. The molecule has 4 rings (SSSR count). The largest absolute Gasteiger partial charge is 0.351 e. The summed E-state index contributed by atoms with van der Waals surface area (Å²) in [4.78, 5) is 12.9. The molecule has 2 heteroatoms. The molecule has 4 aliphatic carbocycles. The molecule has 136 valence electrons. The van der Waals surface area contributed by atoms with E-state index in [1.807, 2.05) is 0 Å². The Morgan fingerprint density at radius 1 is 1.00 bits per heavy atom. The summed E-state index contributed by atoms with van der Waals surface area (Å²) in [5.41, 5.74) is 0.520. The molecule has 0 saturated heterocycles. The van der Waals surface area contributed by atoms with Crippen LogP contribution in [0.25, 0.3) is 0 Å². The number of hydrogen-bond acceptors (Lipinski definition) is 1. The highest BCUT2D eigenvalue weighted by Crippen LogP contribution is 2.65. The van der Waals surface area contributed by atoms with E-state index < -0.39 is 0 Å². The second kappa shape index (κ2) is 5.74. The van der Waals surface area contributed by atoms with Crippen LogP contribution >= 0.6 is 0 Å². The van der Waals surface area contributed by atoms with Crippen molar-refractivity contribution in [1.29, 1.82) is 0 Å². The smallest absolute Gasteiger partial charge is 0.223 e. The quantitative estimate of drug-likeness (QED) is 0.759.